The molecule has 6 atom stereocenters. The van der Waals surface area contributed by atoms with E-state index in [0.29, 0.717) is 17.3 Å². The van der Waals surface area contributed by atoms with E-state index in [4.69, 9.17) is 0 Å². The molecule has 1 heteroatoms. The van der Waals surface area contributed by atoms with Gasteiger partial charge < -0.3 is 5.11 Å². The fraction of sp³-hybridized carbons (Fsp3) is 0.700. The van der Waals surface area contributed by atoms with Gasteiger partial charge in [-0.25, -0.2) is 0 Å². The van der Waals surface area contributed by atoms with Crippen molar-refractivity contribution in [3.05, 3.63) is 36.0 Å². The van der Waals surface area contributed by atoms with Gasteiger partial charge >= 0.3 is 0 Å². The second-order valence-corrected chi connectivity index (χ2v) is 8.19. The minimum atomic E-state index is -0.686. The van der Waals surface area contributed by atoms with Crippen molar-refractivity contribution in [3.63, 3.8) is 0 Å². The van der Waals surface area contributed by atoms with Crippen molar-refractivity contribution in [1.82, 2.24) is 0 Å². The molecule has 0 heterocycles. The van der Waals surface area contributed by atoms with Gasteiger partial charge in [-0.3, -0.25) is 0 Å². The highest BCUT2D eigenvalue weighted by atomic mass is 16.3. The van der Waals surface area contributed by atoms with Crippen molar-refractivity contribution in [2.45, 2.75) is 59.0 Å². The maximum absolute atomic E-state index is 11.0. The maximum atomic E-state index is 11.0. The van der Waals surface area contributed by atoms with Gasteiger partial charge in [-0.15, -0.1) is 0 Å². The lowest BCUT2D eigenvalue weighted by Gasteiger charge is -2.38. The molecular formula is C20H30O. The van der Waals surface area contributed by atoms with Crippen molar-refractivity contribution >= 4 is 0 Å². The lowest BCUT2D eigenvalue weighted by molar-refractivity contribution is 0.0140. The Morgan fingerprint density at radius 3 is 2.71 bits per heavy atom. The van der Waals surface area contributed by atoms with Crippen LogP contribution in [0.1, 0.15) is 53.4 Å². The molecule has 3 fully saturated rings. The van der Waals surface area contributed by atoms with Gasteiger partial charge in [0.1, 0.15) is 0 Å². The lowest BCUT2D eigenvalue weighted by Crippen LogP contribution is -2.38. The van der Waals surface area contributed by atoms with Gasteiger partial charge in [-0.1, -0.05) is 42.9 Å². The number of aliphatic hydroxyl groups is 1. The van der Waals surface area contributed by atoms with Crippen LogP contribution in [0, 0.1) is 29.1 Å². The zero-order chi connectivity index (χ0) is 15.4. The van der Waals surface area contributed by atoms with E-state index in [9.17, 15) is 5.11 Å². The first-order valence-electron chi connectivity index (χ1n) is 8.54. The zero-order valence-electron chi connectivity index (χ0n) is 14.0. The van der Waals surface area contributed by atoms with Gasteiger partial charge in [0.05, 0.1) is 5.60 Å². The molecule has 6 unspecified atom stereocenters. The molecule has 3 saturated carbocycles. The molecule has 3 aliphatic rings. The van der Waals surface area contributed by atoms with E-state index < -0.39 is 5.60 Å². The number of fused-ring (bicyclic) bond motifs is 1. The summed E-state index contributed by atoms with van der Waals surface area (Å²) in [5, 5.41) is 11.0. The quantitative estimate of drug-likeness (QED) is 0.578. The summed E-state index contributed by atoms with van der Waals surface area (Å²) < 4.78 is 0. The van der Waals surface area contributed by atoms with E-state index in [-0.39, 0.29) is 0 Å². The van der Waals surface area contributed by atoms with E-state index in [0.717, 1.165) is 24.7 Å². The Morgan fingerprint density at radius 1 is 1.33 bits per heavy atom. The van der Waals surface area contributed by atoms with Crippen molar-refractivity contribution < 1.29 is 5.11 Å². The number of allylic oxidation sites excluding steroid dienone is 4. The van der Waals surface area contributed by atoms with Crippen LogP contribution in [0.4, 0.5) is 0 Å². The molecule has 0 aromatic rings. The molecule has 0 radical (unpaired) electrons. The highest BCUT2D eigenvalue weighted by Crippen LogP contribution is 2.79. The number of rotatable bonds is 3. The Kier molecular flexibility index (Phi) is 3.48. The third kappa shape index (κ3) is 2.16. The molecule has 0 aromatic carbocycles. The van der Waals surface area contributed by atoms with Crippen molar-refractivity contribution in [2.24, 2.45) is 29.1 Å². The first kappa shape index (κ1) is 15.1. The normalized spacial score (nSPS) is 44.1. The molecule has 1 spiro atoms. The maximum Gasteiger partial charge on any atom is 0.0833 e. The van der Waals surface area contributed by atoms with Crippen LogP contribution in [0.5, 0.6) is 0 Å². The zero-order valence-corrected chi connectivity index (χ0v) is 14.0. The van der Waals surface area contributed by atoms with Gasteiger partial charge in [0.15, 0.2) is 0 Å². The number of hydrogen-bond acceptors (Lipinski definition) is 1. The van der Waals surface area contributed by atoms with Crippen LogP contribution in [0.15, 0.2) is 36.0 Å². The molecule has 3 aliphatic carbocycles. The smallest absolute Gasteiger partial charge is 0.0833 e. The summed E-state index contributed by atoms with van der Waals surface area (Å²) in [6.45, 7) is 13.0. The van der Waals surface area contributed by atoms with E-state index in [1.165, 1.54) is 24.0 Å². The van der Waals surface area contributed by atoms with Crippen molar-refractivity contribution in [1.29, 1.82) is 0 Å². The second kappa shape index (κ2) is 4.84. The van der Waals surface area contributed by atoms with Gasteiger partial charge in [0, 0.05) is 0 Å². The molecule has 0 amide bonds. The average Bonchev–Trinajstić information content (AvgIpc) is 2.95. The van der Waals surface area contributed by atoms with Crippen LogP contribution >= 0.6 is 0 Å². The van der Waals surface area contributed by atoms with Crippen LogP contribution in [0.3, 0.4) is 0 Å². The van der Waals surface area contributed by atoms with Crippen LogP contribution in [0.2, 0.25) is 0 Å². The summed E-state index contributed by atoms with van der Waals surface area (Å²) in [5.41, 5.74) is 2.47. The Bertz CT molecular complexity index is 506. The SMILES string of the molecule is C=C1CCC(C(C)(O)C=CC=C(C)C)C2C3C(C)CCC132. The molecule has 21 heavy (non-hydrogen) atoms. The minimum Gasteiger partial charge on any atom is -0.386 e. The van der Waals surface area contributed by atoms with Gasteiger partial charge in [-0.2, -0.15) is 0 Å². The standard InChI is InChI=1S/C20H30O/c1-13(2)7-6-11-19(5,21)16-9-8-15(4)20-12-10-14(3)17(20)18(16)20/h6-7,11,14,16-18,21H,4,8-10,12H2,1-3,5H3. The summed E-state index contributed by atoms with van der Waals surface area (Å²) >= 11 is 0. The van der Waals surface area contributed by atoms with Gasteiger partial charge in [-0.05, 0) is 75.5 Å². The first-order valence-corrected chi connectivity index (χ1v) is 8.54. The molecular weight excluding hydrogens is 256 g/mol. The first-order chi connectivity index (χ1) is 9.80. The largest absolute Gasteiger partial charge is 0.386 e. The van der Waals surface area contributed by atoms with E-state index >= 15 is 0 Å². The molecule has 1 nitrogen and oxygen atoms in total. The highest BCUT2D eigenvalue weighted by molar-refractivity contribution is 5.36. The van der Waals surface area contributed by atoms with Crippen molar-refractivity contribution in [3.8, 4) is 0 Å². The van der Waals surface area contributed by atoms with Crippen LogP contribution in [-0.2, 0) is 0 Å². The van der Waals surface area contributed by atoms with E-state index in [1.54, 1.807) is 0 Å². The molecule has 0 saturated heterocycles. The topological polar surface area (TPSA) is 20.2 Å². The number of hydrogen-bond donors (Lipinski definition) is 1. The minimum absolute atomic E-state index is 0.399. The van der Waals surface area contributed by atoms with Crippen LogP contribution in [-0.4, -0.2) is 10.7 Å². The average molecular weight is 286 g/mol. The summed E-state index contributed by atoms with van der Waals surface area (Å²) in [4.78, 5) is 0. The molecule has 0 aliphatic heterocycles. The Hall–Kier alpha value is -0.820. The van der Waals surface area contributed by atoms with Crippen molar-refractivity contribution in [2.75, 3.05) is 0 Å². The Morgan fingerprint density at radius 2 is 2.05 bits per heavy atom. The molecule has 3 rings (SSSR count). The molecule has 1 N–H and O–H groups in total. The van der Waals surface area contributed by atoms with E-state index in [2.05, 4.69) is 33.4 Å². The predicted octanol–water partition coefficient (Wildman–Crippen LogP) is 4.89. The molecule has 0 aromatic heterocycles. The lowest BCUT2D eigenvalue weighted by atomic mass is 9.70. The van der Waals surface area contributed by atoms with Crippen LogP contribution < -0.4 is 0 Å². The third-order valence-electron chi connectivity index (χ3n) is 6.56. The predicted molar refractivity (Wildman–Crippen MR) is 88.9 cm³/mol. The van der Waals surface area contributed by atoms with Crippen LogP contribution in [0.25, 0.3) is 0 Å². The van der Waals surface area contributed by atoms with Gasteiger partial charge in [0.25, 0.3) is 0 Å². The second-order valence-electron chi connectivity index (χ2n) is 8.19. The summed E-state index contributed by atoms with van der Waals surface area (Å²) in [6.07, 6.45) is 11.0. The highest BCUT2D eigenvalue weighted by Gasteiger charge is 2.74. The monoisotopic (exact) mass is 286 g/mol. The van der Waals surface area contributed by atoms with E-state index in [1.807, 2.05) is 19.1 Å². The summed E-state index contributed by atoms with van der Waals surface area (Å²) in [7, 11) is 0. The fourth-order valence-corrected chi connectivity index (χ4v) is 5.55. The summed E-state index contributed by atoms with van der Waals surface area (Å²) in [6, 6.07) is 0. The molecule has 116 valence electrons. The van der Waals surface area contributed by atoms with Gasteiger partial charge in [0.2, 0.25) is 0 Å². The molecule has 0 bridgehead atoms. The fourth-order valence-electron chi connectivity index (χ4n) is 5.55. The Balaban J connectivity index is 1.83. The third-order valence-corrected chi connectivity index (χ3v) is 6.56. The Labute approximate surface area is 129 Å². The summed E-state index contributed by atoms with van der Waals surface area (Å²) in [5.74, 6) is 2.68.